The summed E-state index contributed by atoms with van der Waals surface area (Å²) < 4.78 is 51.5. The molecule has 5 nitrogen and oxygen atoms in total. The second-order valence-electron chi connectivity index (χ2n) is 6.11. The van der Waals surface area contributed by atoms with E-state index in [1.165, 1.54) is 31.2 Å². The number of carboxylic acids is 1. The lowest BCUT2D eigenvalue weighted by molar-refractivity contribution is -0.274. The maximum Gasteiger partial charge on any atom is 0.573 e. The summed E-state index contributed by atoms with van der Waals surface area (Å²) >= 11 is 0. The van der Waals surface area contributed by atoms with Crippen LogP contribution in [-0.4, -0.2) is 29.8 Å². The van der Waals surface area contributed by atoms with Crippen LogP contribution in [0.15, 0.2) is 48.5 Å². The van der Waals surface area contributed by atoms with Gasteiger partial charge in [-0.25, -0.2) is 4.79 Å². The number of benzene rings is 2. The Morgan fingerprint density at radius 2 is 1.76 bits per heavy atom. The molecule has 2 aromatic rings. The number of alkyl halides is 3. The number of hydrogen-bond acceptors (Lipinski definition) is 4. The normalized spacial score (nSPS) is 13.2. The molecule has 0 radical (unpaired) electrons. The van der Waals surface area contributed by atoms with Crippen LogP contribution in [0.5, 0.6) is 11.5 Å². The van der Waals surface area contributed by atoms with Crippen molar-refractivity contribution < 1.29 is 37.3 Å². The van der Waals surface area contributed by atoms with Gasteiger partial charge >= 0.3 is 18.1 Å². The minimum atomic E-state index is -4.77. The Hall–Kier alpha value is -3.18. The predicted molar refractivity (Wildman–Crippen MR) is 99.2 cm³/mol. The van der Waals surface area contributed by atoms with Gasteiger partial charge in [-0.3, -0.25) is 0 Å². The molecule has 2 rings (SSSR count). The molecule has 0 aromatic heterocycles. The zero-order chi connectivity index (χ0) is 21.5. The molecule has 1 atom stereocenters. The van der Waals surface area contributed by atoms with E-state index in [0.29, 0.717) is 24.0 Å². The minimum Gasteiger partial charge on any atom is -0.476 e. The van der Waals surface area contributed by atoms with Crippen LogP contribution in [0.25, 0.3) is 11.1 Å². The third kappa shape index (κ3) is 6.73. The number of hydrogen-bond donors (Lipinski definition) is 1. The van der Waals surface area contributed by atoms with E-state index < -0.39 is 18.1 Å². The van der Waals surface area contributed by atoms with Crippen molar-refractivity contribution in [3.63, 3.8) is 0 Å². The van der Waals surface area contributed by atoms with Gasteiger partial charge in [0.15, 0.2) is 0 Å². The predicted octanol–water partition coefficient (Wildman–Crippen LogP) is 4.86. The third-order valence-corrected chi connectivity index (χ3v) is 3.80. The van der Waals surface area contributed by atoms with E-state index in [1.807, 2.05) is 0 Å². The second kappa shape index (κ2) is 9.34. The lowest BCUT2D eigenvalue weighted by atomic mass is 10.1. The third-order valence-electron chi connectivity index (χ3n) is 3.80. The summed E-state index contributed by atoms with van der Waals surface area (Å²) in [4.78, 5) is 11.6. The Morgan fingerprint density at radius 3 is 2.34 bits per heavy atom. The highest BCUT2D eigenvalue weighted by molar-refractivity contribution is 5.75. The van der Waals surface area contributed by atoms with E-state index in [4.69, 9.17) is 15.9 Å². The first-order valence-electron chi connectivity index (χ1n) is 8.59. The first-order chi connectivity index (χ1) is 13.6. The van der Waals surface area contributed by atoms with Crippen LogP contribution in [-0.2, 0) is 9.53 Å². The number of unbranched alkanes of at least 4 members (excludes halogenated alkanes) is 1. The zero-order valence-electron chi connectivity index (χ0n) is 15.5. The van der Waals surface area contributed by atoms with Crippen LogP contribution in [0.4, 0.5) is 13.2 Å². The van der Waals surface area contributed by atoms with Gasteiger partial charge in [0.1, 0.15) is 11.5 Å². The van der Waals surface area contributed by atoms with Crippen molar-refractivity contribution in [3.05, 3.63) is 48.5 Å². The Kier molecular flexibility index (Phi) is 7.13. The van der Waals surface area contributed by atoms with E-state index in [1.54, 1.807) is 24.3 Å². The monoisotopic (exact) mass is 408 g/mol. The summed E-state index contributed by atoms with van der Waals surface area (Å²) in [5.74, 6) is -0.910. The Bertz CT molecular complexity index is 871. The van der Waals surface area contributed by atoms with E-state index in [9.17, 15) is 23.1 Å². The molecule has 1 unspecified atom stereocenters. The molecule has 0 aliphatic heterocycles. The van der Waals surface area contributed by atoms with Crippen LogP contribution in [0.3, 0.4) is 0 Å². The molecule has 0 aliphatic carbocycles. The van der Waals surface area contributed by atoms with Gasteiger partial charge in [-0.1, -0.05) is 24.3 Å². The number of carbonyl (C=O) groups is 1. The maximum atomic E-state index is 12.3. The number of terminal acetylenes is 1. The van der Waals surface area contributed by atoms with Crippen molar-refractivity contribution in [2.75, 3.05) is 6.61 Å². The molecule has 0 aliphatic rings. The largest absolute Gasteiger partial charge is 0.573 e. The van der Waals surface area contributed by atoms with Gasteiger partial charge in [0.25, 0.3) is 0 Å². The number of carboxylic acid groups (broad SMARTS) is 1. The highest BCUT2D eigenvalue weighted by Gasteiger charge is 2.37. The fourth-order valence-corrected chi connectivity index (χ4v) is 2.39. The summed E-state index contributed by atoms with van der Waals surface area (Å²) in [6.45, 7) is 1.38. The summed E-state index contributed by atoms with van der Waals surface area (Å²) in [5, 5.41) is 9.46. The molecule has 8 heteroatoms. The van der Waals surface area contributed by atoms with Crippen LogP contribution in [0.2, 0.25) is 0 Å². The number of rotatable bonds is 9. The molecule has 1 N–H and O–H groups in total. The maximum absolute atomic E-state index is 12.3. The highest BCUT2D eigenvalue weighted by Crippen LogP contribution is 2.29. The van der Waals surface area contributed by atoms with E-state index >= 15 is 0 Å². The molecule has 29 heavy (non-hydrogen) atoms. The summed E-state index contributed by atoms with van der Waals surface area (Å²) in [5.41, 5.74) is 1.21. The molecule has 2 aromatic carbocycles. The zero-order valence-corrected chi connectivity index (χ0v) is 15.5. The van der Waals surface area contributed by atoms with E-state index in [2.05, 4.69) is 10.7 Å². The van der Waals surface area contributed by atoms with Crippen molar-refractivity contribution in [2.45, 2.75) is 31.9 Å². The van der Waals surface area contributed by atoms with E-state index in [-0.39, 0.29) is 18.1 Å². The summed E-state index contributed by atoms with van der Waals surface area (Å²) in [6.07, 6.45) is 1.31. The first-order valence-corrected chi connectivity index (χ1v) is 8.59. The van der Waals surface area contributed by atoms with Crippen LogP contribution >= 0.6 is 0 Å². The van der Waals surface area contributed by atoms with Gasteiger partial charge in [-0.2, -0.15) is 0 Å². The molecule has 0 saturated carbocycles. The van der Waals surface area contributed by atoms with Crippen LogP contribution < -0.4 is 9.47 Å². The molecule has 0 saturated heterocycles. The fourth-order valence-electron chi connectivity index (χ4n) is 2.39. The van der Waals surface area contributed by atoms with Gasteiger partial charge in [-0.05, 0) is 41.8 Å². The molecule has 0 bridgehead atoms. The fraction of sp³-hybridized carbons (Fsp3) is 0.286. The number of aliphatic carboxylic acids is 1. The standard InChI is InChI=1S/C21H19F3O5/c1-3-4-5-13-27-20(2,19(25)26)28-18-8-6-7-16(14-18)15-9-11-17(12-10-15)29-21(22,23)24/h1,6-12,14H,4-5,13H2,2H3,(H,25,26). The second-order valence-corrected chi connectivity index (χ2v) is 6.11. The Morgan fingerprint density at radius 1 is 1.07 bits per heavy atom. The Labute approximate surface area is 166 Å². The molecule has 0 spiro atoms. The number of ether oxygens (including phenoxy) is 3. The highest BCUT2D eigenvalue weighted by atomic mass is 19.4. The van der Waals surface area contributed by atoms with Gasteiger partial charge in [-0.15, -0.1) is 25.5 Å². The molecule has 0 fully saturated rings. The van der Waals surface area contributed by atoms with Crippen molar-refractivity contribution in [2.24, 2.45) is 0 Å². The van der Waals surface area contributed by atoms with Crippen molar-refractivity contribution >= 4 is 5.97 Å². The molecular weight excluding hydrogens is 389 g/mol. The van der Waals surface area contributed by atoms with Gasteiger partial charge < -0.3 is 19.3 Å². The van der Waals surface area contributed by atoms with Crippen molar-refractivity contribution in [1.29, 1.82) is 0 Å². The molecule has 0 heterocycles. The molecule has 0 amide bonds. The Balaban J connectivity index is 2.15. The van der Waals surface area contributed by atoms with Crippen LogP contribution in [0.1, 0.15) is 19.8 Å². The topological polar surface area (TPSA) is 65.0 Å². The van der Waals surface area contributed by atoms with Gasteiger partial charge in [0.2, 0.25) is 0 Å². The smallest absolute Gasteiger partial charge is 0.476 e. The quantitative estimate of drug-likeness (QED) is 0.365. The lowest BCUT2D eigenvalue weighted by Crippen LogP contribution is -2.44. The summed E-state index contributed by atoms with van der Waals surface area (Å²) in [7, 11) is 0. The average Bonchev–Trinajstić information content (AvgIpc) is 2.65. The van der Waals surface area contributed by atoms with E-state index in [0.717, 1.165) is 0 Å². The molecule has 154 valence electrons. The average molecular weight is 408 g/mol. The SMILES string of the molecule is C#CCCCOC(C)(Oc1cccc(-c2ccc(OC(F)(F)F)cc2)c1)C(=O)O. The minimum absolute atomic E-state index is 0.105. The van der Waals surface area contributed by atoms with Gasteiger partial charge in [0, 0.05) is 13.3 Å². The number of halogens is 3. The first kappa shape index (κ1) is 22.1. The van der Waals surface area contributed by atoms with Gasteiger partial charge in [0.05, 0.1) is 6.61 Å². The lowest BCUT2D eigenvalue weighted by Gasteiger charge is -2.26. The summed E-state index contributed by atoms with van der Waals surface area (Å²) in [6, 6.07) is 11.7. The van der Waals surface area contributed by atoms with Crippen molar-refractivity contribution in [3.8, 4) is 35.0 Å². The van der Waals surface area contributed by atoms with Crippen molar-refractivity contribution in [1.82, 2.24) is 0 Å². The molecular formula is C21H19F3O5. The van der Waals surface area contributed by atoms with Crippen LogP contribution in [0, 0.1) is 12.3 Å².